The van der Waals surface area contributed by atoms with E-state index in [9.17, 15) is 13.2 Å². The number of aryl methyl sites for hydroxylation is 2. The standard InChI is InChI=1S/C18H24N2O4S/c1-12-4-5-16-14(10-17(21)24-18(16)13(12)2)11-20-8-6-15(7-9-20)19-25(3,22)23/h4-5,10,15,19H,6-9,11H2,1-3H3. The molecule has 0 bridgehead atoms. The summed E-state index contributed by atoms with van der Waals surface area (Å²) in [6, 6.07) is 5.61. The maximum Gasteiger partial charge on any atom is 0.336 e. The number of piperidine rings is 1. The van der Waals surface area contributed by atoms with Crippen molar-refractivity contribution < 1.29 is 12.8 Å². The van der Waals surface area contributed by atoms with E-state index in [1.807, 2.05) is 26.0 Å². The second kappa shape index (κ2) is 6.90. The fourth-order valence-electron chi connectivity index (χ4n) is 3.41. The van der Waals surface area contributed by atoms with Crippen molar-refractivity contribution in [3.8, 4) is 0 Å². The summed E-state index contributed by atoms with van der Waals surface area (Å²) in [5, 5.41) is 0.971. The van der Waals surface area contributed by atoms with Gasteiger partial charge < -0.3 is 4.42 Å². The molecule has 2 heterocycles. The molecule has 1 aromatic carbocycles. The van der Waals surface area contributed by atoms with Crippen molar-refractivity contribution >= 4 is 21.0 Å². The third-order valence-corrected chi connectivity index (χ3v) is 5.64. The van der Waals surface area contributed by atoms with E-state index in [4.69, 9.17) is 4.42 Å². The number of likely N-dealkylation sites (tertiary alicyclic amines) is 1. The van der Waals surface area contributed by atoms with Gasteiger partial charge in [0.1, 0.15) is 5.58 Å². The molecule has 3 rings (SSSR count). The minimum atomic E-state index is -3.17. The minimum Gasteiger partial charge on any atom is -0.422 e. The molecule has 7 heteroatoms. The normalized spacial score (nSPS) is 17.2. The smallest absolute Gasteiger partial charge is 0.336 e. The third kappa shape index (κ3) is 4.29. The SMILES string of the molecule is Cc1ccc2c(CN3CCC(NS(C)(=O)=O)CC3)cc(=O)oc2c1C. The van der Waals surface area contributed by atoms with E-state index < -0.39 is 10.0 Å². The highest BCUT2D eigenvalue weighted by Crippen LogP contribution is 2.25. The van der Waals surface area contributed by atoms with Crippen molar-refractivity contribution in [2.45, 2.75) is 39.3 Å². The Morgan fingerprint density at radius 3 is 2.56 bits per heavy atom. The predicted molar refractivity (Wildman–Crippen MR) is 98.2 cm³/mol. The Balaban J connectivity index is 1.78. The largest absolute Gasteiger partial charge is 0.422 e. The lowest BCUT2D eigenvalue weighted by molar-refractivity contribution is 0.200. The highest BCUT2D eigenvalue weighted by atomic mass is 32.2. The summed E-state index contributed by atoms with van der Waals surface area (Å²) in [4.78, 5) is 14.2. The zero-order valence-electron chi connectivity index (χ0n) is 14.8. The average Bonchev–Trinajstić information content (AvgIpc) is 2.52. The molecule has 0 amide bonds. The van der Waals surface area contributed by atoms with Crippen LogP contribution in [0.2, 0.25) is 0 Å². The lowest BCUT2D eigenvalue weighted by Gasteiger charge is -2.32. The van der Waals surface area contributed by atoms with Gasteiger partial charge in [-0.25, -0.2) is 17.9 Å². The number of rotatable bonds is 4. The molecule has 1 aliphatic rings. The van der Waals surface area contributed by atoms with Gasteiger partial charge in [-0.1, -0.05) is 12.1 Å². The lowest BCUT2D eigenvalue weighted by atomic mass is 10.0. The van der Waals surface area contributed by atoms with Crippen LogP contribution in [0.5, 0.6) is 0 Å². The van der Waals surface area contributed by atoms with Crippen LogP contribution in [0.25, 0.3) is 11.0 Å². The molecule has 0 unspecified atom stereocenters. The molecule has 0 saturated carbocycles. The number of fused-ring (bicyclic) bond motifs is 1. The van der Waals surface area contributed by atoms with Crippen molar-refractivity contribution in [1.82, 2.24) is 9.62 Å². The third-order valence-electron chi connectivity index (χ3n) is 4.88. The first kappa shape index (κ1) is 18.1. The number of nitrogens with zero attached hydrogens (tertiary/aromatic N) is 1. The fourth-order valence-corrected chi connectivity index (χ4v) is 4.25. The van der Waals surface area contributed by atoms with Crippen molar-refractivity contribution in [3.63, 3.8) is 0 Å². The molecule has 1 aromatic heterocycles. The van der Waals surface area contributed by atoms with Crippen molar-refractivity contribution in [2.75, 3.05) is 19.3 Å². The zero-order valence-corrected chi connectivity index (χ0v) is 15.6. The van der Waals surface area contributed by atoms with E-state index in [-0.39, 0.29) is 11.7 Å². The van der Waals surface area contributed by atoms with Gasteiger partial charge in [0.2, 0.25) is 10.0 Å². The van der Waals surface area contributed by atoms with Gasteiger partial charge in [-0.2, -0.15) is 0 Å². The van der Waals surface area contributed by atoms with Crippen LogP contribution in [0.15, 0.2) is 27.4 Å². The molecular formula is C18H24N2O4S. The van der Waals surface area contributed by atoms with Gasteiger partial charge in [0, 0.05) is 37.1 Å². The highest BCUT2D eigenvalue weighted by Gasteiger charge is 2.22. The lowest BCUT2D eigenvalue weighted by Crippen LogP contribution is -2.44. The van der Waals surface area contributed by atoms with Crippen LogP contribution in [0.3, 0.4) is 0 Å². The van der Waals surface area contributed by atoms with Gasteiger partial charge in [-0.05, 0) is 43.4 Å². The summed E-state index contributed by atoms with van der Waals surface area (Å²) in [7, 11) is -3.17. The Kier molecular flexibility index (Phi) is 4.99. The first-order chi connectivity index (χ1) is 11.7. The predicted octanol–water partition coefficient (Wildman–Crippen LogP) is 1.92. The first-order valence-electron chi connectivity index (χ1n) is 8.45. The molecule has 2 aromatic rings. The van der Waals surface area contributed by atoms with Gasteiger partial charge in [0.15, 0.2) is 0 Å². The van der Waals surface area contributed by atoms with Gasteiger partial charge in [-0.3, -0.25) is 4.90 Å². The maximum atomic E-state index is 12.0. The van der Waals surface area contributed by atoms with Crippen LogP contribution < -0.4 is 10.3 Å². The summed E-state index contributed by atoms with van der Waals surface area (Å²) >= 11 is 0. The molecular weight excluding hydrogens is 340 g/mol. The molecule has 1 aliphatic heterocycles. The highest BCUT2D eigenvalue weighted by molar-refractivity contribution is 7.88. The Labute approximate surface area is 147 Å². The van der Waals surface area contributed by atoms with E-state index in [0.29, 0.717) is 12.1 Å². The molecule has 0 aliphatic carbocycles. The van der Waals surface area contributed by atoms with E-state index >= 15 is 0 Å². The molecule has 1 saturated heterocycles. The Bertz CT molecular complexity index is 941. The maximum absolute atomic E-state index is 12.0. The zero-order chi connectivity index (χ0) is 18.2. The van der Waals surface area contributed by atoms with Gasteiger partial charge in [-0.15, -0.1) is 0 Å². The molecule has 0 atom stereocenters. The molecule has 0 spiro atoms. The van der Waals surface area contributed by atoms with Gasteiger partial charge in [0.25, 0.3) is 0 Å². The van der Waals surface area contributed by atoms with Gasteiger partial charge in [0.05, 0.1) is 6.26 Å². The van der Waals surface area contributed by atoms with E-state index in [2.05, 4.69) is 9.62 Å². The number of hydrogen-bond acceptors (Lipinski definition) is 5. The van der Waals surface area contributed by atoms with Gasteiger partial charge >= 0.3 is 5.63 Å². The Morgan fingerprint density at radius 1 is 1.24 bits per heavy atom. The molecule has 1 N–H and O–H groups in total. The Hall–Kier alpha value is -1.70. The molecule has 1 fully saturated rings. The summed E-state index contributed by atoms with van der Waals surface area (Å²) in [6.45, 7) is 6.21. The van der Waals surface area contributed by atoms with Crippen LogP contribution in [0.1, 0.15) is 29.5 Å². The molecule has 6 nitrogen and oxygen atoms in total. The van der Waals surface area contributed by atoms with Crippen molar-refractivity contribution in [1.29, 1.82) is 0 Å². The summed E-state index contributed by atoms with van der Waals surface area (Å²) < 4.78 is 30.8. The average molecular weight is 364 g/mol. The van der Waals surface area contributed by atoms with E-state index in [1.54, 1.807) is 6.07 Å². The topological polar surface area (TPSA) is 79.6 Å². The van der Waals surface area contributed by atoms with E-state index in [0.717, 1.165) is 48.0 Å². The monoisotopic (exact) mass is 364 g/mol. The number of benzene rings is 1. The van der Waals surface area contributed by atoms with Crippen LogP contribution in [-0.2, 0) is 16.6 Å². The van der Waals surface area contributed by atoms with Crippen molar-refractivity contribution in [2.24, 2.45) is 0 Å². The number of hydrogen-bond donors (Lipinski definition) is 1. The minimum absolute atomic E-state index is 0.00580. The van der Waals surface area contributed by atoms with Crippen molar-refractivity contribution in [3.05, 3.63) is 45.3 Å². The molecule has 136 valence electrons. The van der Waals surface area contributed by atoms with Crippen LogP contribution in [0.4, 0.5) is 0 Å². The number of sulfonamides is 1. The summed E-state index contributed by atoms with van der Waals surface area (Å²) in [5.41, 5.74) is 3.39. The Morgan fingerprint density at radius 2 is 1.92 bits per heavy atom. The van der Waals surface area contributed by atoms with E-state index in [1.165, 1.54) is 6.26 Å². The fraction of sp³-hybridized carbons (Fsp3) is 0.500. The summed E-state index contributed by atoms with van der Waals surface area (Å²) in [6.07, 6.45) is 2.73. The summed E-state index contributed by atoms with van der Waals surface area (Å²) in [5.74, 6) is 0. The molecule has 25 heavy (non-hydrogen) atoms. The van der Waals surface area contributed by atoms with Crippen LogP contribution in [0, 0.1) is 13.8 Å². The second-order valence-corrected chi connectivity index (χ2v) is 8.70. The molecule has 0 radical (unpaired) electrons. The number of nitrogens with one attached hydrogen (secondary N) is 1. The second-order valence-electron chi connectivity index (χ2n) is 6.92. The van der Waals surface area contributed by atoms with Crippen LogP contribution >= 0.6 is 0 Å². The quantitative estimate of drug-likeness (QED) is 0.839. The van der Waals surface area contributed by atoms with Crippen LogP contribution in [-0.4, -0.2) is 38.7 Å². The first-order valence-corrected chi connectivity index (χ1v) is 10.3.